The highest BCUT2D eigenvalue weighted by Gasteiger charge is 2.08. The van der Waals surface area contributed by atoms with Crippen molar-refractivity contribution in [3.8, 4) is 0 Å². The molecule has 66 valence electrons. The molecule has 0 aliphatic rings. The number of halogens is 3. The second-order valence-corrected chi connectivity index (χ2v) is 2.02. The fraction of sp³-hybridized carbons (Fsp3) is 0. The van der Waals surface area contributed by atoms with Gasteiger partial charge in [0.1, 0.15) is 5.84 Å². The molecule has 0 amide bonds. The molecule has 0 bridgehead atoms. The number of nitrogen functional groups attached to an aromatic ring is 1. The van der Waals surface area contributed by atoms with Gasteiger partial charge in [0, 0.05) is 0 Å². The Morgan fingerprint density at radius 3 is 2.33 bits per heavy atom. The molecule has 1 aromatic carbocycles. The molecule has 0 saturated carbocycles. The fourth-order valence-electron chi connectivity index (χ4n) is 0.712. The number of nitrogens with two attached hydrogens (primary N) is 1. The highest BCUT2D eigenvalue weighted by molar-refractivity contribution is 5.95. The summed E-state index contributed by atoms with van der Waals surface area (Å²) in [6.45, 7) is 0. The molecule has 0 radical (unpaired) electrons. The van der Waals surface area contributed by atoms with E-state index in [4.69, 9.17) is 11.1 Å². The lowest BCUT2D eigenvalue weighted by molar-refractivity contribution is 0.507. The zero-order valence-electron chi connectivity index (χ0n) is 5.97. The van der Waals surface area contributed by atoms with Crippen LogP contribution in [0, 0.1) is 17.0 Å². The molecule has 0 aromatic heterocycles. The standard InChI is InChI=1S/C7H6F2N2.ClH/c8-5-3-1-2-4(6(5)9)7(10)11;/h1-3H,(H3,10,11);1H. The van der Waals surface area contributed by atoms with E-state index >= 15 is 0 Å². The van der Waals surface area contributed by atoms with Gasteiger partial charge in [-0.25, -0.2) is 8.78 Å². The van der Waals surface area contributed by atoms with Crippen molar-refractivity contribution < 1.29 is 8.78 Å². The lowest BCUT2D eigenvalue weighted by Gasteiger charge is -1.99. The van der Waals surface area contributed by atoms with E-state index < -0.39 is 17.5 Å². The highest BCUT2D eigenvalue weighted by atomic mass is 35.5. The smallest absolute Gasteiger partial charge is 0.169 e. The van der Waals surface area contributed by atoms with Gasteiger partial charge < -0.3 is 5.73 Å². The summed E-state index contributed by atoms with van der Waals surface area (Å²) in [5.41, 5.74) is 4.76. The molecule has 0 heterocycles. The van der Waals surface area contributed by atoms with Crippen molar-refractivity contribution in [3.05, 3.63) is 35.4 Å². The third-order valence-corrected chi connectivity index (χ3v) is 1.24. The second kappa shape index (κ2) is 4.01. The van der Waals surface area contributed by atoms with Gasteiger partial charge >= 0.3 is 0 Å². The Bertz CT molecular complexity index is 301. The maximum atomic E-state index is 12.7. The first-order valence-electron chi connectivity index (χ1n) is 2.91. The zero-order valence-corrected chi connectivity index (χ0v) is 6.79. The van der Waals surface area contributed by atoms with E-state index in [2.05, 4.69) is 0 Å². The Balaban J connectivity index is 0.00000121. The fourth-order valence-corrected chi connectivity index (χ4v) is 0.712. The number of nitrogens with one attached hydrogen (secondary N) is 1. The molecule has 5 heteroatoms. The van der Waals surface area contributed by atoms with Crippen molar-refractivity contribution in [3.63, 3.8) is 0 Å². The maximum absolute atomic E-state index is 12.7. The van der Waals surface area contributed by atoms with Crippen LogP contribution in [0.5, 0.6) is 0 Å². The molecule has 0 atom stereocenters. The molecule has 0 aliphatic carbocycles. The quantitative estimate of drug-likeness (QED) is 0.516. The van der Waals surface area contributed by atoms with Crippen LogP contribution in [-0.2, 0) is 0 Å². The monoisotopic (exact) mass is 192 g/mol. The van der Waals surface area contributed by atoms with Crippen LogP contribution in [0.4, 0.5) is 8.78 Å². The summed E-state index contributed by atoms with van der Waals surface area (Å²) >= 11 is 0. The van der Waals surface area contributed by atoms with Gasteiger partial charge in [-0.1, -0.05) is 6.07 Å². The predicted octanol–water partition coefficient (Wildman–Crippen LogP) is 1.67. The van der Waals surface area contributed by atoms with Crippen LogP contribution in [0.1, 0.15) is 5.56 Å². The summed E-state index contributed by atoms with van der Waals surface area (Å²) in [5, 5.41) is 6.84. The first-order valence-corrected chi connectivity index (χ1v) is 2.91. The summed E-state index contributed by atoms with van der Waals surface area (Å²) in [5.74, 6) is -2.53. The number of hydrogen-bond acceptors (Lipinski definition) is 1. The van der Waals surface area contributed by atoms with Gasteiger partial charge in [-0.3, -0.25) is 5.41 Å². The van der Waals surface area contributed by atoms with E-state index in [0.29, 0.717) is 0 Å². The van der Waals surface area contributed by atoms with Gasteiger partial charge in [0.05, 0.1) is 5.56 Å². The third-order valence-electron chi connectivity index (χ3n) is 1.24. The molecule has 0 spiro atoms. The van der Waals surface area contributed by atoms with Gasteiger partial charge in [0.25, 0.3) is 0 Å². The predicted molar refractivity (Wildman–Crippen MR) is 44.6 cm³/mol. The van der Waals surface area contributed by atoms with Crippen LogP contribution < -0.4 is 5.73 Å². The molecule has 1 rings (SSSR count). The highest BCUT2D eigenvalue weighted by Crippen LogP contribution is 2.09. The summed E-state index contributed by atoms with van der Waals surface area (Å²) in [7, 11) is 0. The molecule has 12 heavy (non-hydrogen) atoms. The Morgan fingerprint density at radius 2 is 1.92 bits per heavy atom. The molecule has 0 fully saturated rings. The van der Waals surface area contributed by atoms with E-state index in [0.717, 1.165) is 6.07 Å². The van der Waals surface area contributed by atoms with E-state index in [1.165, 1.54) is 12.1 Å². The van der Waals surface area contributed by atoms with Crippen LogP contribution in [-0.4, -0.2) is 5.84 Å². The van der Waals surface area contributed by atoms with Crippen molar-refractivity contribution in [1.29, 1.82) is 5.41 Å². The third kappa shape index (κ3) is 1.92. The molecule has 0 unspecified atom stereocenters. The topological polar surface area (TPSA) is 49.9 Å². The Labute approximate surface area is 74.3 Å². The first kappa shape index (κ1) is 10.8. The lowest BCUT2D eigenvalue weighted by atomic mass is 10.2. The normalized spacial score (nSPS) is 8.83. The van der Waals surface area contributed by atoms with Crippen LogP contribution in [0.25, 0.3) is 0 Å². The average molecular weight is 193 g/mol. The van der Waals surface area contributed by atoms with Crippen molar-refractivity contribution in [1.82, 2.24) is 0 Å². The Hall–Kier alpha value is -1.16. The average Bonchev–Trinajstić information content (AvgIpc) is 1.94. The van der Waals surface area contributed by atoms with Crippen molar-refractivity contribution in [2.45, 2.75) is 0 Å². The summed E-state index contributed by atoms with van der Waals surface area (Å²) in [6.07, 6.45) is 0. The molecule has 3 N–H and O–H groups in total. The van der Waals surface area contributed by atoms with Crippen molar-refractivity contribution >= 4 is 18.2 Å². The minimum absolute atomic E-state index is 0. The zero-order chi connectivity index (χ0) is 8.43. The van der Waals surface area contributed by atoms with E-state index in [1.54, 1.807) is 0 Å². The summed E-state index contributed by atoms with van der Waals surface area (Å²) in [6, 6.07) is 3.53. The van der Waals surface area contributed by atoms with Gasteiger partial charge in [-0.05, 0) is 12.1 Å². The minimum Gasteiger partial charge on any atom is -0.384 e. The molecule has 2 nitrogen and oxygen atoms in total. The van der Waals surface area contributed by atoms with Crippen molar-refractivity contribution in [2.24, 2.45) is 5.73 Å². The number of amidine groups is 1. The van der Waals surface area contributed by atoms with E-state index in [1.807, 2.05) is 0 Å². The molecular weight excluding hydrogens is 186 g/mol. The van der Waals surface area contributed by atoms with Crippen LogP contribution >= 0.6 is 12.4 Å². The Morgan fingerprint density at radius 1 is 1.33 bits per heavy atom. The van der Waals surface area contributed by atoms with E-state index in [-0.39, 0.29) is 18.0 Å². The first-order chi connectivity index (χ1) is 5.13. The summed E-state index contributed by atoms with van der Waals surface area (Å²) < 4.78 is 25.1. The molecule has 0 aliphatic heterocycles. The lowest BCUT2D eigenvalue weighted by Crippen LogP contribution is -2.13. The van der Waals surface area contributed by atoms with Crippen LogP contribution in [0.3, 0.4) is 0 Å². The summed E-state index contributed by atoms with van der Waals surface area (Å²) in [4.78, 5) is 0. The molecular formula is C7H7ClF2N2. The SMILES string of the molecule is Cl.N=C(N)c1cccc(F)c1F. The van der Waals surface area contributed by atoms with Crippen molar-refractivity contribution in [2.75, 3.05) is 0 Å². The van der Waals surface area contributed by atoms with Crippen LogP contribution in [0.15, 0.2) is 18.2 Å². The number of benzene rings is 1. The van der Waals surface area contributed by atoms with Gasteiger partial charge in [0.2, 0.25) is 0 Å². The van der Waals surface area contributed by atoms with Gasteiger partial charge in [0.15, 0.2) is 11.6 Å². The number of rotatable bonds is 1. The van der Waals surface area contributed by atoms with Gasteiger partial charge in [-0.2, -0.15) is 0 Å². The number of hydrogen-bond donors (Lipinski definition) is 2. The minimum atomic E-state index is -1.07. The van der Waals surface area contributed by atoms with Gasteiger partial charge in [-0.15, -0.1) is 12.4 Å². The molecule has 1 aromatic rings. The maximum Gasteiger partial charge on any atom is 0.169 e. The van der Waals surface area contributed by atoms with E-state index in [9.17, 15) is 8.78 Å². The molecule has 0 saturated heterocycles. The second-order valence-electron chi connectivity index (χ2n) is 2.02. The van der Waals surface area contributed by atoms with Crippen LogP contribution in [0.2, 0.25) is 0 Å². The largest absolute Gasteiger partial charge is 0.384 e. The Kier molecular flexibility index (Phi) is 3.63.